The molecule has 2 aromatic heterocycles. The second-order valence-corrected chi connectivity index (χ2v) is 3.69. The van der Waals surface area contributed by atoms with Gasteiger partial charge in [0.1, 0.15) is 12.7 Å². The summed E-state index contributed by atoms with van der Waals surface area (Å²) in [6.45, 7) is 0.409. The Morgan fingerprint density at radius 2 is 2.12 bits per heavy atom. The normalized spacial score (nSPS) is 10.9. The molecule has 2 N–H and O–H groups in total. The van der Waals surface area contributed by atoms with Crippen molar-refractivity contribution in [2.45, 2.75) is 6.54 Å². The maximum absolute atomic E-state index is 5.66. The number of aromatic nitrogens is 4. The van der Waals surface area contributed by atoms with Crippen LogP contribution in [0.4, 0.5) is 0 Å². The van der Waals surface area contributed by atoms with Crippen LogP contribution in [0.25, 0.3) is 16.6 Å². The quantitative estimate of drug-likeness (QED) is 0.713. The highest BCUT2D eigenvalue weighted by Gasteiger charge is 2.06. The van der Waals surface area contributed by atoms with Gasteiger partial charge in [-0.25, -0.2) is 9.67 Å². The van der Waals surface area contributed by atoms with Gasteiger partial charge in [0, 0.05) is 11.9 Å². The van der Waals surface area contributed by atoms with Gasteiger partial charge in [0.25, 0.3) is 0 Å². The highest BCUT2D eigenvalue weighted by molar-refractivity contribution is 5.87. The molecule has 0 aliphatic heterocycles. The van der Waals surface area contributed by atoms with E-state index in [0.29, 0.717) is 6.54 Å². The Bertz CT molecular complexity index is 645. The van der Waals surface area contributed by atoms with Crippen molar-refractivity contribution in [2.24, 2.45) is 5.73 Å². The van der Waals surface area contributed by atoms with Crippen LogP contribution >= 0.6 is 0 Å². The van der Waals surface area contributed by atoms with Gasteiger partial charge in [-0.05, 0) is 12.1 Å². The van der Waals surface area contributed by atoms with Crippen LogP contribution in [0.3, 0.4) is 0 Å². The second-order valence-electron chi connectivity index (χ2n) is 3.69. The minimum absolute atomic E-state index is 0.409. The molecule has 0 unspecified atom stereocenters. The summed E-state index contributed by atoms with van der Waals surface area (Å²) in [7, 11) is 0. The first-order valence-electron chi connectivity index (χ1n) is 5.32. The van der Waals surface area contributed by atoms with E-state index in [1.807, 2.05) is 30.3 Å². The number of para-hydroxylation sites is 1. The molecule has 3 aromatic rings. The number of hydrogen-bond acceptors (Lipinski definition) is 4. The lowest BCUT2D eigenvalue weighted by Crippen LogP contribution is -2.04. The van der Waals surface area contributed by atoms with Crippen molar-refractivity contribution < 1.29 is 0 Å². The van der Waals surface area contributed by atoms with Crippen molar-refractivity contribution in [3.63, 3.8) is 0 Å². The zero-order chi connectivity index (χ0) is 11.7. The fourth-order valence-electron chi connectivity index (χ4n) is 1.84. The number of pyridine rings is 1. The third kappa shape index (κ3) is 1.66. The molecule has 0 aliphatic carbocycles. The van der Waals surface area contributed by atoms with E-state index < -0.39 is 0 Å². The summed E-state index contributed by atoms with van der Waals surface area (Å²) in [6.07, 6.45) is 3.18. The summed E-state index contributed by atoms with van der Waals surface area (Å²) >= 11 is 0. The number of nitrogens with two attached hydrogens (primary N) is 1. The van der Waals surface area contributed by atoms with Crippen molar-refractivity contribution in [3.8, 4) is 5.69 Å². The molecule has 5 nitrogen and oxygen atoms in total. The van der Waals surface area contributed by atoms with Crippen LogP contribution in [0.1, 0.15) is 5.69 Å². The van der Waals surface area contributed by atoms with Crippen molar-refractivity contribution in [1.82, 2.24) is 19.7 Å². The van der Waals surface area contributed by atoms with Gasteiger partial charge in [-0.3, -0.25) is 4.98 Å². The van der Waals surface area contributed by atoms with Crippen molar-refractivity contribution in [1.29, 1.82) is 0 Å². The fourth-order valence-corrected chi connectivity index (χ4v) is 1.84. The van der Waals surface area contributed by atoms with Crippen LogP contribution in [-0.2, 0) is 6.54 Å². The zero-order valence-electron chi connectivity index (χ0n) is 9.11. The average Bonchev–Trinajstić information content (AvgIpc) is 2.91. The highest BCUT2D eigenvalue weighted by atomic mass is 15.3. The van der Waals surface area contributed by atoms with Gasteiger partial charge in [-0.15, -0.1) is 0 Å². The largest absolute Gasteiger partial charge is 0.325 e. The predicted octanol–water partition coefficient (Wildman–Crippen LogP) is 1.27. The zero-order valence-corrected chi connectivity index (χ0v) is 9.11. The summed E-state index contributed by atoms with van der Waals surface area (Å²) in [5.74, 6) is 0. The predicted molar refractivity (Wildman–Crippen MR) is 64.6 cm³/mol. The van der Waals surface area contributed by atoms with Crippen molar-refractivity contribution >= 4 is 10.9 Å². The minimum Gasteiger partial charge on any atom is -0.325 e. The summed E-state index contributed by atoms with van der Waals surface area (Å²) in [5, 5.41) is 5.19. The van der Waals surface area contributed by atoms with Crippen molar-refractivity contribution in [2.75, 3.05) is 0 Å². The maximum Gasteiger partial charge on any atom is 0.138 e. The van der Waals surface area contributed by atoms with E-state index in [4.69, 9.17) is 5.73 Å². The lowest BCUT2D eigenvalue weighted by molar-refractivity contribution is 0.876. The molecule has 0 atom stereocenters. The van der Waals surface area contributed by atoms with E-state index in [1.165, 1.54) is 6.33 Å². The van der Waals surface area contributed by atoms with Gasteiger partial charge in [0.05, 0.1) is 16.9 Å². The van der Waals surface area contributed by atoms with Crippen LogP contribution < -0.4 is 5.73 Å². The lowest BCUT2D eigenvalue weighted by atomic mass is 10.1. The van der Waals surface area contributed by atoms with E-state index >= 15 is 0 Å². The Labute approximate surface area is 97.9 Å². The van der Waals surface area contributed by atoms with Gasteiger partial charge in [0.2, 0.25) is 0 Å². The molecule has 2 heterocycles. The van der Waals surface area contributed by atoms with Crippen LogP contribution in [0.2, 0.25) is 0 Å². The van der Waals surface area contributed by atoms with E-state index in [2.05, 4.69) is 15.1 Å². The van der Waals surface area contributed by atoms with Gasteiger partial charge in [0.15, 0.2) is 0 Å². The Balaban J connectivity index is 2.35. The molecule has 1 aromatic carbocycles. The molecular formula is C12H11N5. The molecule has 0 radical (unpaired) electrons. The van der Waals surface area contributed by atoms with E-state index in [1.54, 1.807) is 11.0 Å². The molecule has 0 bridgehead atoms. The smallest absolute Gasteiger partial charge is 0.138 e. The molecule has 0 aliphatic rings. The lowest BCUT2D eigenvalue weighted by Gasteiger charge is -2.07. The third-order valence-corrected chi connectivity index (χ3v) is 2.62. The van der Waals surface area contributed by atoms with Gasteiger partial charge < -0.3 is 5.73 Å². The first kappa shape index (κ1) is 9.92. The SMILES string of the molecule is NCc1cc(-n2cncn2)c2ccccc2n1. The maximum atomic E-state index is 5.66. The average molecular weight is 225 g/mol. The van der Waals surface area contributed by atoms with Gasteiger partial charge >= 0.3 is 0 Å². The van der Waals surface area contributed by atoms with Crippen LogP contribution in [0, 0.1) is 0 Å². The van der Waals surface area contributed by atoms with Crippen LogP contribution in [0.15, 0.2) is 43.0 Å². The monoisotopic (exact) mass is 225 g/mol. The van der Waals surface area contributed by atoms with Crippen molar-refractivity contribution in [3.05, 3.63) is 48.7 Å². The highest BCUT2D eigenvalue weighted by Crippen LogP contribution is 2.20. The van der Waals surface area contributed by atoms with Gasteiger partial charge in [-0.2, -0.15) is 5.10 Å². The Kier molecular flexibility index (Phi) is 2.31. The Morgan fingerprint density at radius 3 is 2.88 bits per heavy atom. The fraction of sp³-hybridized carbons (Fsp3) is 0.0833. The molecule has 0 saturated carbocycles. The van der Waals surface area contributed by atoms with Crippen LogP contribution in [0.5, 0.6) is 0 Å². The number of hydrogen-bond donors (Lipinski definition) is 1. The molecule has 0 saturated heterocycles. The summed E-state index contributed by atoms with van der Waals surface area (Å²) in [6, 6.07) is 9.86. The molecule has 84 valence electrons. The van der Waals surface area contributed by atoms with Gasteiger partial charge in [-0.1, -0.05) is 18.2 Å². The summed E-state index contributed by atoms with van der Waals surface area (Å²) in [5.41, 5.74) is 8.37. The first-order valence-corrected chi connectivity index (χ1v) is 5.32. The summed E-state index contributed by atoms with van der Waals surface area (Å²) < 4.78 is 1.73. The molecule has 3 rings (SSSR count). The topological polar surface area (TPSA) is 69.6 Å². The number of benzene rings is 1. The molecule has 0 spiro atoms. The Hall–Kier alpha value is -2.27. The van der Waals surface area contributed by atoms with E-state index in [-0.39, 0.29) is 0 Å². The third-order valence-electron chi connectivity index (χ3n) is 2.62. The van der Waals surface area contributed by atoms with E-state index in [9.17, 15) is 0 Å². The number of fused-ring (bicyclic) bond motifs is 1. The molecule has 17 heavy (non-hydrogen) atoms. The first-order chi connectivity index (χ1) is 8.38. The van der Waals surface area contributed by atoms with E-state index in [0.717, 1.165) is 22.3 Å². The standard InChI is InChI=1S/C12H11N5/c13-6-9-5-12(17-8-14-7-15-17)10-3-1-2-4-11(10)16-9/h1-5,7-8H,6,13H2. The molecule has 0 fully saturated rings. The van der Waals surface area contributed by atoms with Crippen LogP contribution in [-0.4, -0.2) is 19.7 Å². The molecular weight excluding hydrogens is 214 g/mol. The number of rotatable bonds is 2. The Morgan fingerprint density at radius 1 is 1.24 bits per heavy atom. The molecule has 5 heteroatoms. The second kappa shape index (κ2) is 3.95. The summed E-state index contributed by atoms with van der Waals surface area (Å²) in [4.78, 5) is 8.44. The number of nitrogens with zero attached hydrogens (tertiary/aromatic N) is 4. The minimum atomic E-state index is 0.409. The molecule has 0 amide bonds.